The molecule has 4 rings (SSSR count). The zero-order chi connectivity index (χ0) is 18.8. The Morgan fingerprint density at radius 3 is 2.37 bits per heavy atom. The van der Waals surface area contributed by atoms with Crippen molar-refractivity contribution in [2.75, 3.05) is 45.3 Å². The average molecular weight is 367 g/mol. The van der Waals surface area contributed by atoms with Gasteiger partial charge < -0.3 is 19.3 Å². The van der Waals surface area contributed by atoms with Crippen molar-refractivity contribution in [3.8, 4) is 11.6 Å². The molecule has 8 nitrogen and oxygen atoms in total. The molecule has 1 amide bonds. The molecule has 0 spiro atoms. The molecule has 1 saturated heterocycles. The van der Waals surface area contributed by atoms with E-state index in [4.69, 9.17) is 9.47 Å². The number of ether oxygens (including phenoxy) is 2. The zero-order valence-electron chi connectivity index (χ0n) is 15.3. The van der Waals surface area contributed by atoms with Crippen LogP contribution < -0.4 is 14.4 Å². The fourth-order valence-corrected chi connectivity index (χ4v) is 3.20. The second kappa shape index (κ2) is 7.14. The van der Waals surface area contributed by atoms with Gasteiger partial charge in [0.1, 0.15) is 11.4 Å². The standard InChI is InChI=1S/C19H21N5O3/c1-26-15-5-3-14(4-6-15)22-9-11-23(12-10-22)19(25)16-13-24-17(20-16)7-8-18(21-24)27-2/h3-8,13H,9-12H2,1-2H3. The molecule has 2 aromatic heterocycles. The molecule has 0 bridgehead atoms. The molecule has 1 aliphatic heterocycles. The van der Waals surface area contributed by atoms with Crippen molar-refractivity contribution in [3.63, 3.8) is 0 Å². The Balaban J connectivity index is 1.43. The number of amides is 1. The van der Waals surface area contributed by atoms with E-state index in [2.05, 4.69) is 15.0 Å². The van der Waals surface area contributed by atoms with E-state index in [1.807, 2.05) is 29.2 Å². The van der Waals surface area contributed by atoms with Crippen LogP contribution in [0.5, 0.6) is 11.6 Å². The van der Waals surface area contributed by atoms with E-state index >= 15 is 0 Å². The molecule has 3 aromatic rings. The van der Waals surface area contributed by atoms with E-state index < -0.39 is 0 Å². The summed E-state index contributed by atoms with van der Waals surface area (Å²) in [4.78, 5) is 21.3. The summed E-state index contributed by atoms with van der Waals surface area (Å²) in [5.41, 5.74) is 2.15. The maximum atomic E-state index is 12.8. The zero-order valence-corrected chi connectivity index (χ0v) is 15.3. The lowest BCUT2D eigenvalue weighted by Crippen LogP contribution is -2.48. The van der Waals surface area contributed by atoms with Gasteiger partial charge in [-0.1, -0.05) is 0 Å². The van der Waals surface area contributed by atoms with Crippen molar-refractivity contribution in [1.29, 1.82) is 0 Å². The monoisotopic (exact) mass is 367 g/mol. The van der Waals surface area contributed by atoms with Gasteiger partial charge in [-0.25, -0.2) is 9.50 Å². The topological polar surface area (TPSA) is 72.2 Å². The summed E-state index contributed by atoms with van der Waals surface area (Å²) in [6.07, 6.45) is 1.65. The minimum atomic E-state index is -0.0751. The summed E-state index contributed by atoms with van der Waals surface area (Å²) in [5, 5.41) is 4.25. The molecular weight excluding hydrogens is 346 g/mol. The molecule has 0 N–H and O–H groups in total. The molecule has 1 aliphatic rings. The molecule has 8 heteroatoms. The van der Waals surface area contributed by atoms with Crippen LogP contribution in [0.3, 0.4) is 0 Å². The fourth-order valence-electron chi connectivity index (χ4n) is 3.20. The molecule has 3 heterocycles. The highest BCUT2D eigenvalue weighted by Crippen LogP contribution is 2.21. The van der Waals surface area contributed by atoms with Crippen molar-refractivity contribution in [2.45, 2.75) is 0 Å². The second-order valence-electron chi connectivity index (χ2n) is 6.28. The van der Waals surface area contributed by atoms with Crippen LogP contribution in [0.25, 0.3) is 5.65 Å². The number of fused-ring (bicyclic) bond motifs is 1. The number of hydrogen-bond donors (Lipinski definition) is 0. The molecule has 0 saturated carbocycles. The SMILES string of the molecule is COc1ccc(N2CCN(C(=O)c3cn4nc(OC)ccc4n3)CC2)cc1. The number of carbonyl (C=O) groups is 1. The summed E-state index contributed by atoms with van der Waals surface area (Å²) in [5.74, 6) is 1.24. The number of piperazine rings is 1. The van der Waals surface area contributed by atoms with Crippen LogP contribution in [0.1, 0.15) is 10.5 Å². The predicted molar refractivity (Wildman–Crippen MR) is 101 cm³/mol. The Morgan fingerprint density at radius 2 is 1.70 bits per heavy atom. The van der Waals surface area contributed by atoms with Gasteiger partial charge in [0, 0.05) is 37.9 Å². The normalized spacial score (nSPS) is 14.4. The number of anilines is 1. The highest BCUT2D eigenvalue weighted by molar-refractivity contribution is 5.93. The summed E-state index contributed by atoms with van der Waals surface area (Å²) < 4.78 is 11.9. The third-order valence-electron chi connectivity index (χ3n) is 4.73. The predicted octanol–water partition coefficient (Wildman–Crippen LogP) is 1.71. The minimum absolute atomic E-state index is 0.0751. The number of methoxy groups -OCH3 is 2. The van der Waals surface area contributed by atoms with Gasteiger partial charge in [0.05, 0.1) is 20.4 Å². The Labute approximate surface area is 156 Å². The average Bonchev–Trinajstić information content (AvgIpc) is 3.16. The van der Waals surface area contributed by atoms with E-state index in [9.17, 15) is 4.79 Å². The van der Waals surface area contributed by atoms with Crippen LogP contribution in [-0.4, -0.2) is 65.8 Å². The molecule has 140 valence electrons. The molecule has 0 aliphatic carbocycles. The van der Waals surface area contributed by atoms with E-state index in [0.717, 1.165) is 24.5 Å². The molecule has 1 fully saturated rings. The van der Waals surface area contributed by atoms with E-state index in [0.29, 0.717) is 30.3 Å². The summed E-state index contributed by atoms with van der Waals surface area (Å²) in [6.45, 7) is 2.85. The molecule has 1 aromatic carbocycles. The number of carbonyl (C=O) groups excluding carboxylic acids is 1. The molecular formula is C19H21N5O3. The molecule has 0 radical (unpaired) electrons. The van der Waals surface area contributed by atoms with E-state index in [1.54, 1.807) is 37.1 Å². The van der Waals surface area contributed by atoms with Gasteiger partial charge in [-0.05, 0) is 30.3 Å². The minimum Gasteiger partial charge on any atom is -0.497 e. The quantitative estimate of drug-likeness (QED) is 0.699. The number of nitrogens with zero attached hydrogens (tertiary/aromatic N) is 5. The van der Waals surface area contributed by atoms with Crippen LogP contribution in [0.4, 0.5) is 5.69 Å². The Kier molecular flexibility index (Phi) is 4.53. The number of hydrogen-bond acceptors (Lipinski definition) is 6. The van der Waals surface area contributed by atoms with Crippen molar-refractivity contribution in [1.82, 2.24) is 19.5 Å². The number of benzene rings is 1. The van der Waals surface area contributed by atoms with Crippen molar-refractivity contribution in [2.24, 2.45) is 0 Å². The van der Waals surface area contributed by atoms with Gasteiger partial charge in [0.25, 0.3) is 5.91 Å². The van der Waals surface area contributed by atoms with Crippen LogP contribution >= 0.6 is 0 Å². The number of imidazole rings is 1. The highest BCUT2D eigenvalue weighted by Gasteiger charge is 2.24. The smallest absolute Gasteiger partial charge is 0.274 e. The third-order valence-corrected chi connectivity index (χ3v) is 4.73. The second-order valence-corrected chi connectivity index (χ2v) is 6.28. The Morgan fingerprint density at radius 1 is 0.963 bits per heavy atom. The maximum Gasteiger partial charge on any atom is 0.274 e. The third kappa shape index (κ3) is 3.38. The lowest BCUT2D eigenvalue weighted by Gasteiger charge is -2.35. The van der Waals surface area contributed by atoms with Crippen molar-refractivity contribution in [3.05, 3.63) is 48.3 Å². The molecule has 0 atom stereocenters. The summed E-state index contributed by atoms with van der Waals surface area (Å²) in [7, 11) is 3.21. The highest BCUT2D eigenvalue weighted by atomic mass is 16.5. The molecule has 0 unspecified atom stereocenters. The lowest BCUT2D eigenvalue weighted by atomic mass is 10.2. The van der Waals surface area contributed by atoms with Crippen LogP contribution in [0.15, 0.2) is 42.6 Å². The van der Waals surface area contributed by atoms with Gasteiger partial charge in [0.15, 0.2) is 5.65 Å². The first-order valence-electron chi connectivity index (χ1n) is 8.76. The Bertz CT molecular complexity index is 946. The largest absolute Gasteiger partial charge is 0.497 e. The van der Waals surface area contributed by atoms with E-state index in [-0.39, 0.29) is 5.91 Å². The van der Waals surface area contributed by atoms with E-state index in [1.165, 1.54) is 0 Å². The Hall–Kier alpha value is -3.29. The lowest BCUT2D eigenvalue weighted by molar-refractivity contribution is 0.0741. The number of aromatic nitrogens is 3. The summed E-state index contributed by atoms with van der Waals surface area (Å²) >= 11 is 0. The van der Waals surface area contributed by atoms with Crippen LogP contribution in [0, 0.1) is 0 Å². The first-order valence-corrected chi connectivity index (χ1v) is 8.76. The van der Waals surface area contributed by atoms with Crippen molar-refractivity contribution < 1.29 is 14.3 Å². The fraction of sp³-hybridized carbons (Fsp3) is 0.316. The number of rotatable bonds is 4. The van der Waals surface area contributed by atoms with Gasteiger partial charge in [-0.3, -0.25) is 4.79 Å². The molecule has 27 heavy (non-hydrogen) atoms. The van der Waals surface area contributed by atoms with Crippen molar-refractivity contribution >= 4 is 17.2 Å². The van der Waals surface area contributed by atoms with Gasteiger partial charge >= 0.3 is 0 Å². The van der Waals surface area contributed by atoms with Gasteiger partial charge in [-0.15, -0.1) is 5.10 Å². The van der Waals surface area contributed by atoms with Crippen LogP contribution in [0.2, 0.25) is 0 Å². The first-order chi connectivity index (χ1) is 13.2. The maximum absolute atomic E-state index is 12.8. The van der Waals surface area contributed by atoms with Gasteiger partial charge in [0.2, 0.25) is 5.88 Å². The van der Waals surface area contributed by atoms with Gasteiger partial charge in [-0.2, -0.15) is 0 Å². The first kappa shape index (κ1) is 17.1. The van der Waals surface area contributed by atoms with Crippen LogP contribution in [-0.2, 0) is 0 Å². The summed E-state index contributed by atoms with van der Waals surface area (Å²) in [6, 6.07) is 11.5.